The summed E-state index contributed by atoms with van der Waals surface area (Å²) in [5.41, 5.74) is 1.30. The molecule has 1 unspecified atom stereocenters. The molecule has 2 heterocycles. The number of hydrogen-bond donors (Lipinski definition) is 1. The summed E-state index contributed by atoms with van der Waals surface area (Å²) in [5.74, 6) is 3.50. The lowest BCUT2D eigenvalue weighted by Crippen LogP contribution is -2.25. The van der Waals surface area contributed by atoms with Gasteiger partial charge >= 0.3 is 0 Å². The summed E-state index contributed by atoms with van der Waals surface area (Å²) in [7, 11) is 2.06. The zero-order valence-corrected chi connectivity index (χ0v) is 14.4. The van der Waals surface area contributed by atoms with Gasteiger partial charge in [-0.1, -0.05) is 0 Å². The van der Waals surface area contributed by atoms with E-state index < -0.39 is 0 Å². The summed E-state index contributed by atoms with van der Waals surface area (Å²) < 4.78 is 3.27. The van der Waals surface area contributed by atoms with Crippen molar-refractivity contribution in [3.05, 3.63) is 16.4 Å². The van der Waals surface area contributed by atoms with Gasteiger partial charge in [-0.2, -0.15) is 16.9 Å². The monoisotopic (exact) mass is 345 g/mol. The molecule has 3 nitrogen and oxygen atoms in total. The third kappa shape index (κ3) is 3.76. The van der Waals surface area contributed by atoms with Crippen LogP contribution in [0.5, 0.6) is 0 Å². The lowest BCUT2D eigenvalue weighted by atomic mass is 9.93. The van der Waals surface area contributed by atoms with Crippen LogP contribution < -0.4 is 5.32 Å². The van der Waals surface area contributed by atoms with Crippen molar-refractivity contribution < 1.29 is 0 Å². The van der Waals surface area contributed by atoms with Crippen LogP contribution in [-0.4, -0.2) is 28.3 Å². The molecule has 1 N–H and O–H groups in total. The average molecular weight is 346 g/mol. The lowest BCUT2D eigenvalue weighted by molar-refractivity contribution is 0.360. The van der Waals surface area contributed by atoms with Gasteiger partial charge in [-0.15, -0.1) is 0 Å². The van der Waals surface area contributed by atoms with Gasteiger partial charge in [0.05, 0.1) is 22.4 Å². The molecule has 0 aliphatic carbocycles. The Morgan fingerprint density at radius 3 is 2.74 bits per heavy atom. The molecule has 1 aromatic rings. The van der Waals surface area contributed by atoms with Crippen LogP contribution >= 0.6 is 27.7 Å². The average Bonchev–Trinajstić information content (AvgIpc) is 2.79. The zero-order chi connectivity index (χ0) is 13.8. The third-order valence-electron chi connectivity index (χ3n) is 3.86. The molecule has 2 rings (SSSR count). The molecule has 0 bridgehead atoms. The largest absolute Gasteiger partial charge is 0.312 e. The summed E-state index contributed by atoms with van der Waals surface area (Å²) in [6.45, 7) is 4.37. The normalized spacial score (nSPS) is 19.0. The molecule has 1 aliphatic heterocycles. The first kappa shape index (κ1) is 15.4. The molecule has 0 aromatic carbocycles. The molecule has 1 aliphatic rings. The topological polar surface area (TPSA) is 29.9 Å². The maximum absolute atomic E-state index is 4.50. The van der Waals surface area contributed by atoms with Crippen LogP contribution in [0.3, 0.4) is 0 Å². The molecule has 19 heavy (non-hydrogen) atoms. The van der Waals surface area contributed by atoms with Gasteiger partial charge in [-0.25, -0.2) is 0 Å². The van der Waals surface area contributed by atoms with Gasteiger partial charge in [-0.3, -0.25) is 4.68 Å². The van der Waals surface area contributed by atoms with Crippen molar-refractivity contribution in [2.75, 3.05) is 18.6 Å². The number of aromatic nitrogens is 2. The van der Waals surface area contributed by atoms with Crippen molar-refractivity contribution in [2.24, 2.45) is 5.92 Å². The van der Waals surface area contributed by atoms with Crippen molar-refractivity contribution in [1.82, 2.24) is 15.1 Å². The van der Waals surface area contributed by atoms with Gasteiger partial charge in [-0.05, 0) is 73.5 Å². The molecule has 1 fully saturated rings. The molecule has 5 heteroatoms. The molecule has 1 aromatic heterocycles. The number of nitrogens with zero attached hydrogens (tertiary/aromatic N) is 2. The van der Waals surface area contributed by atoms with Crippen LogP contribution in [-0.2, 0) is 0 Å². The van der Waals surface area contributed by atoms with Gasteiger partial charge in [0.2, 0.25) is 0 Å². The van der Waals surface area contributed by atoms with Crippen molar-refractivity contribution in [3.63, 3.8) is 0 Å². The van der Waals surface area contributed by atoms with E-state index in [0.29, 0.717) is 12.1 Å². The van der Waals surface area contributed by atoms with E-state index in [2.05, 4.69) is 63.7 Å². The Labute approximate surface area is 129 Å². The summed E-state index contributed by atoms with van der Waals surface area (Å²) in [4.78, 5) is 0. The predicted octanol–water partition coefficient (Wildman–Crippen LogP) is 4.02. The van der Waals surface area contributed by atoms with Gasteiger partial charge in [0.1, 0.15) is 0 Å². The summed E-state index contributed by atoms with van der Waals surface area (Å²) >= 11 is 5.76. The van der Waals surface area contributed by atoms with Crippen LogP contribution in [0.1, 0.15) is 50.9 Å². The fourth-order valence-corrected chi connectivity index (χ4v) is 4.52. The highest BCUT2D eigenvalue weighted by atomic mass is 79.9. The van der Waals surface area contributed by atoms with E-state index in [0.717, 1.165) is 10.4 Å². The fraction of sp³-hybridized carbons (Fsp3) is 0.786. The van der Waals surface area contributed by atoms with Crippen LogP contribution in [0.15, 0.2) is 10.7 Å². The molecule has 1 saturated heterocycles. The van der Waals surface area contributed by atoms with Crippen LogP contribution in [0, 0.1) is 5.92 Å². The van der Waals surface area contributed by atoms with Gasteiger partial charge in [0.25, 0.3) is 0 Å². The second kappa shape index (κ2) is 7.14. The van der Waals surface area contributed by atoms with Crippen LogP contribution in [0.25, 0.3) is 0 Å². The minimum absolute atomic E-state index is 0.396. The Morgan fingerprint density at radius 1 is 1.47 bits per heavy atom. The number of hydrogen-bond acceptors (Lipinski definition) is 3. The number of halogens is 1. The Balaban J connectivity index is 2.14. The Kier molecular flexibility index (Phi) is 5.78. The van der Waals surface area contributed by atoms with Crippen molar-refractivity contribution in [1.29, 1.82) is 0 Å². The highest BCUT2D eigenvalue weighted by Gasteiger charge is 2.24. The minimum Gasteiger partial charge on any atom is -0.312 e. The third-order valence-corrected chi connectivity index (χ3v) is 5.52. The quantitative estimate of drug-likeness (QED) is 0.873. The molecular weight excluding hydrogens is 322 g/mol. The molecule has 0 amide bonds. The first-order valence-electron chi connectivity index (χ1n) is 7.11. The highest BCUT2D eigenvalue weighted by molar-refractivity contribution is 9.10. The molecule has 0 spiro atoms. The van der Waals surface area contributed by atoms with E-state index in [1.54, 1.807) is 0 Å². The second-order valence-corrected chi connectivity index (χ2v) is 7.63. The van der Waals surface area contributed by atoms with Crippen molar-refractivity contribution in [2.45, 2.75) is 45.2 Å². The maximum atomic E-state index is 4.50. The molecule has 0 saturated carbocycles. The fourth-order valence-electron chi connectivity index (χ4n) is 2.77. The number of nitrogens with one attached hydrogen (secondary N) is 1. The maximum Gasteiger partial charge on any atom is 0.0698 e. The summed E-state index contributed by atoms with van der Waals surface area (Å²) in [6, 6.07) is 0.798. The minimum atomic E-state index is 0.396. The van der Waals surface area contributed by atoms with Gasteiger partial charge in [0.15, 0.2) is 0 Å². The van der Waals surface area contributed by atoms with E-state index in [-0.39, 0.29) is 0 Å². The molecule has 1 atom stereocenters. The highest BCUT2D eigenvalue weighted by Crippen LogP contribution is 2.34. The molecular formula is C14H24BrN3S. The van der Waals surface area contributed by atoms with Gasteiger partial charge < -0.3 is 5.32 Å². The first-order chi connectivity index (χ1) is 9.13. The second-order valence-electron chi connectivity index (χ2n) is 5.55. The van der Waals surface area contributed by atoms with E-state index in [9.17, 15) is 0 Å². The van der Waals surface area contributed by atoms with Crippen molar-refractivity contribution >= 4 is 27.7 Å². The Morgan fingerprint density at radius 2 is 2.16 bits per heavy atom. The summed E-state index contributed by atoms with van der Waals surface area (Å²) in [6.07, 6.45) is 5.86. The van der Waals surface area contributed by atoms with E-state index in [1.807, 2.05) is 6.20 Å². The van der Waals surface area contributed by atoms with E-state index in [4.69, 9.17) is 0 Å². The SMILES string of the molecule is CNC(CC1CCSCC1)c1c(Br)cnn1C(C)C. The summed E-state index contributed by atoms with van der Waals surface area (Å²) in [5, 5.41) is 7.99. The van der Waals surface area contributed by atoms with Gasteiger partial charge in [0, 0.05) is 6.04 Å². The Bertz CT molecular complexity index is 399. The standard InChI is InChI=1S/C14H24BrN3S/c1-10(2)18-14(12(15)9-17-18)13(16-3)8-11-4-6-19-7-5-11/h9-11,13,16H,4-8H2,1-3H3. The number of rotatable bonds is 5. The molecule has 108 valence electrons. The predicted molar refractivity (Wildman–Crippen MR) is 86.8 cm³/mol. The smallest absolute Gasteiger partial charge is 0.0698 e. The van der Waals surface area contributed by atoms with E-state index in [1.165, 1.54) is 36.5 Å². The van der Waals surface area contributed by atoms with Crippen LogP contribution in [0.2, 0.25) is 0 Å². The Hall–Kier alpha value is 0. The zero-order valence-electron chi connectivity index (χ0n) is 12.0. The van der Waals surface area contributed by atoms with Crippen molar-refractivity contribution in [3.8, 4) is 0 Å². The number of thioether (sulfide) groups is 1. The first-order valence-corrected chi connectivity index (χ1v) is 9.06. The lowest BCUT2D eigenvalue weighted by Gasteiger charge is -2.27. The molecule has 0 radical (unpaired) electrons. The van der Waals surface area contributed by atoms with Crippen LogP contribution in [0.4, 0.5) is 0 Å². The van der Waals surface area contributed by atoms with E-state index >= 15 is 0 Å².